The van der Waals surface area contributed by atoms with Crippen LogP contribution in [0.1, 0.15) is 37.3 Å². The molecule has 2 amide bonds. The number of carbonyl (C=O) groups is 1. The summed E-state index contributed by atoms with van der Waals surface area (Å²) in [5.74, 6) is 0.601. The van der Waals surface area contributed by atoms with E-state index in [1.54, 1.807) is 0 Å². The molecule has 0 spiro atoms. The summed E-state index contributed by atoms with van der Waals surface area (Å²) >= 11 is 0. The number of fused-ring (bicyclic) bond motifs is 1. The molecule has 1 saturated heterocycles. The molecule has 3 aromatic carbocycles. The third-order valence-electron chi connectivity index (χ3n) is 6.53. The molecule has 34 heavy (non-hydrogen) atoms. The molecule has 0 radical (unpaired) electrons. The van der Waals surface area contributed by atoms with E-state index >= 15 is 0 Å². The third kappa shape index (κ3) is 4.36. The molecule has 6 nitrogen and oxygen atoms in total. The number of oxazole rings is 1. The fourth-order valence-electron chi connectivity index (χ4n) is 4.50. The van der Waals surface area contributed by atoms with Gasteiger partial charge in [-0.15, -0.1) is 0 Å². The van der Waals surface area contributed by atoms with Gasteiger partial charge in [0.05, 0.1) is 0 Å². The van der Waals surface area contributed by atoms with Crippen molar-refractivity contribution in [3.05, 3.63) is 78.2 Å². The molecule has 1 aromatic heterocycles. The van der Waals surface area contributed by atoms with Crippen molar-refractivity contribution in [1.82, 2.24) is 9.88 Å². The van der Waals surface area contributed by atoms with E-state index in [1.807, 2.05) is 49.3 Å². The van der Waals surface area contributed by atoms with Gasteiger partial charge in [0.1, 0.15) is 11.6 Å². The van der Waals surface area contributed by atoms with Crippen LogP contribution < -0.4 is 10.2 Å². The smallest absolute Gasteiger partial charge is 0.322 e. The monoisotopic (exact) mass is 454 g/mol. The number of amides is 2. The molecule has 5 rings (SSSR count). The molecule has 1 aliphatic heterocycles. The van der Waals surface area contributed by atoms with Crippen molar-refractivity contribution in [1.29, 1.82) is 0 Å². The Bertz CT molecular complexity index is 1290. The summed E-state index contributed by atoms with van der Waals surface area (Å²) in [4.78, 5) is 21.7. The SMILES string of the molecule is CCc1ccc(NC(=O)N2CCCC2c2nc3cc(-c4ccc(N(C)C)cc4)ccc3o2)cc1. The topological polar surface area (TPSA) is 61.6 Å². The molecule has 1 fully saturated rings. The lowest BCUT2D eigenvalue weighted by Gasteiger charge is -2.22. The highest BCUT2D eigenvalue weighted by molar-refractivity contribution is 5.90. The number of likely N-dealkylation sites (tertiary alicyclic amines) is 1. The second-order valence-corrected chi connectivity index (χ2v) is 9.01. The van der Waals surface area contributed by atoms with Gasteiger partial charge in [0.2, 0.25) is 5.89 Å². The number of benzene rings is 3. The van der Waals surface area contributed by atoms with E-state index in [9.17, 15) is 4.79 Å². The molecule has 0 saturated carbocycles. The van der Waals surface area contributed by atoms with Gasteiger partial charge in [-0.3, -0.25) is 0 Å². The fraction of sp³-hybridized carbons (Fsp3) is 0.286. The van der Waals surface area contributed by atoms with E-state index in [0.29, 0.717) is 12.4 Å². The molecular formula is C28H30N4O2. The number of nitrogens with zero attached hydrogens (tertiary/aromatic N) is 3. The maximum absolute atomic E-state index is 13.0. The van der Waals surface area contributed by atoms with E-state index < -0.39 is 0 Å². The summed E-state index contributed by atoms with van der Waals surface area (Å²) in [6, 6.07) is 22.3. The van der Waals surface area contributed by atoms with Crippen molar-refractivity contribution in [2.45, 2.75) is 32.2 Å². The van der Waals surface area contributed by atoms with Gasteiger partial charge in [-0.05, 0) is 72.4 Å². The molecule has 1 unspecified atom stereocenters. The maximum Gasteiger partial charge on any atom is 0.322 e. The third-order valence-corrected chi connectivity index (χ3v) is 6.53. The van der Waals surface area contributed by atoms with Gasteiger partial charge in [-0.2, -0.15) is 0 Å². The quantitative estimate of drug-likeness (QED) is 0.374. The van der Waals surface area contributed by atoms with Crippen molar-refractivity contribution in [2.75, 3.05) is 30.9 Å². The van der Waals surface area contributed by atoms with E-state index in [0.717, 1.165) is 52.9 Å². The number of hydrogen-bond donors (Lipinski definition) is 1. The van der Waals surface area contributed by atoms with Gasteiger partial charge in [0.15, 0.2) is 5.58 Å². The van der Waals surface area contributed by atoms with Crippen LogP contribution in [0.3, 0.4) is 0 Å². The van der Waals surface area contributed by atoms with Crippen LogP contribution in [0.2, 0.25) is 0 Å². The largest absolute Gasteiger partial charge is 0.438 e. The van der Waals surface area contributed by atoms with Crippen molar-refractivity contribution >= 4 is 28.5 Å². The van der Waals surface area contributed by atoms with Crippen LogP contribution >= 0.6 is 0 Å². The first-order chi connectivity index (χ1) is 16.5. The number of rotatable bonds is 5. The predicted molar refractivity (Wildman–Crippen MR) is 137 cm³/mol. The Labute approximate surface area is 200 Å². The molecule has 1 aliphatic rings. The average molecular weight is 455 g/mol. The molecule has 1 atom stereocenters. The number of hydrogen-bond acceptors (Lipinski definition) is 4. The van der Waals surface area contributed by atoms with Gasteiger partial charge in [-0.1, -0.05) is 37.3 Å². The maximum atomic E-state index is 13.0. The van der Waals surface area contributed by atoms with E-state index in [2.05, 4.69) is 53.5 Å². The molecule has 0 aliphatic carbocycles. The van der Waals surface area contributed by atoms with Crippen LogP contribution in [0.15, 0.2) is 71.1 Å². The van der Waals surface area contributed by atoms with Crippen LogP contribution in [-0.2, 0) is 6.42 Å². The van der Waals surface area contributed by atoms with Crippen LogP contribution in [0, 0.1) is 0 Å². The number of urea groups is 1. The highest BCUT2D eigenvalue weighted by atomic mass is 16.4. The minimum absolute atomic E-state index is 0.115. The lowest BCUT2D eigenvalue weighted by molar-refractivity contribution is 0.199. The Morgan fingerprint density at radius 3 is 2.50 bits per heavy atom. The Morgan fingerprint density at radius 1 is 1.06 bits per heavy atom. The van der Waals surface area contributed by atoms with Crippen LogP contribution in [-0.4, -0.2) is 36.6 Å². The summed E-state index contributed by atoms with van der Waals surface area (Å²) in [7, 11) is 4.07. The summed E-state index contributed by atoms with van der Waals surface area (Å²) in [6.45, 7) is 2.80. The zero-order valence-corrected chi connectivity index (χ0v) is 19.9. The second kappa shape index (κ2) is 9.21. The Balaban J connectivity index is 1.35. The molecule has 2 heterocycles. The van der Waals surface area contributed by atoms with E-state index in [-0.39, 0.29) is 12.1 Å². The van der Waals surface area contributed by atoms with Gasteiger partial charge < -0.3 is 19.5 Å². The Morgan fingerprint density at radius 2 is 1.79 bits per heavy atom. The van der Waals surface area contributed by atoms with Gasteiger partial charge >= 0.3 is 6.03 Å². The van der Waals surface area contributed by atoms with Gasteiger partial charge in [0, 0.05) is 32.0 Å². The predicted octanol–water partition coefficient (Wildman–Crippen LogP) is 6.49. The van der Waals surface area contributed by atoms with E-state index in [1.165, 1.54) is 5.56 Å². The average Bonchev–Trinajstić information content (AvgIpc) is 3.51. The van der Waals surface area contributed by atoms with Crippen LogP contribution in [0.4, 0.5) is 16.2 Å². The second-order valence-electron chi connectivity index (χ2n) is 9.01. The molecule has 0 bridgehead atoms. The summed E-state index contributed by atoms with van der Waals surface area (Å²) in [5, 5.41) is 3.03. The highest BCUT2D eigenvalue weighted by Crippen LogP contribution is 2.35. The van der Waals surface area contributed by atoms with Crippen molar-refractivity contribution < 1.29 is 9.21 Å². The highest BCUT2D eigenvalue weighted by Gasteiger charge is 2.33. The standard InChI is InChI=1S/C28H30N4O2/c1-4-19-7-12-22(13-8-19)29-28(33)32-17-5-6-25(32)27-30-24-18-21(11-16-26(24)34-27)20-9-14-23(15-10-20)31(2)3/h7-16,18,25H,4-6,17H2,1-3H3,(H,29,33). The van der Waals surface area contributed by atoms with Gasteiger partial charge in [-0.25, -0.2) is 9.78 Å². The zero-order chi connectivity index (χ0) is 23.7. The van der Waals surface area contributed by atoms with Gasteiger partial charge in [0.25, 0.3) is 0 Å². The number of anilines is 2. The van der Waals surface area contributed by atoms with Crippen molar-refractivity contribution in [3.8, 4) is 11.1 Å². The van der Waals surface area contributed by atoms with Crippen LogP contribution in [0.5, 0.6) is 0 Å². The van der Waals surface area contributed by atoms with Crippen molar-refractivity contribution in [2.24, 2.45) is 0 Å². The minimum atomic E-state index is -0.162. The molecule has 4 aromatic rings. The molecular weight excluding hydrogens is 424 g/mol. The number of carbonyl (C=O) groups excluding carboxylic acids is 1. The zero-order valence-electron chi connectivity index (χ0n) is 19.9. The summed E-state index contributed by atoms with van der Waals surface area (Å²) in [6.07, 6.45) is 2.74. The van der Waals surface area contributed by atoms with E-state index in [4.69, 9.17) is 9.40 Å². The number of aromatic nitrogens is 1. The lowest BCUT2D eigenvalue weighted by Crippen LogP contribution is -2.34. The Kier molecular flexibility index (Phi) is 5.97. The normalized spacial score (nSPS) is 15.6. The number of aryl methyl sites for hydroxylation is 1. The minimum Gasteiger partial charge on any atom is -0.438 e. The first kappa shape index (κ1) is 22.0. The van der Waals surface area contributed by atoms with Crippen molar-refractivity contribution in [3.63, 3.8) is 0 Å². The summed E-state index contributed by atoms with van der Waals surface area (Å²) in [5.41, 5.74) is 6.99. The summed E-state index contributed by atoms with van der Waals surface area (Å²) < 4.78 is 6.11. The lowest BCUT2D eigenvalue weighted by atomic mass is 10.0. The Hall–Kier alpha value is -3.80. The molecule has 1 N–H and O–H groups in total. The first-order valence-corrected chi connectivity index (χ1v) is 11.9. The fourth-order valence-corrected chi connectivity index (χ4v) is 4.50. The van der Waals surface area contributed by atoms with Crippen LogP contribution in [0.25, 0.3) is 22.2 Å². The molecule has 6 heteroatoms. The first-order valence-electron chi connectivity index (χ1n) is 11.9. The molecule has 174 valence electrons. The number of nitrogens with one attached hydrogen (secondary N) is 1.